The molecule has 0 bridgehead atoms. The first-order valence-corrected chi connectivity index (χ1v) is 10.9. The maximum atomic E-state index is 13.0. The summed E-state index contributed by atoms with van der Waals surface area (Å²) in [6, 6.07) is 12.1. The van der Waals surface area contributed by atoms with E-state index in [0.717, 1.165) is 11.3 Å². The van der Waals surface area contributed by atoms with Crippen molar-refractivity contribution in [3.63, 3.8) is 0 Å². The Hall–Kier alpha value is -3.68. The number of likely N-dealkylation sites (tertiary alicyclic amines) is 1. The number of amides is 3. The summed E-state index contributed by atoms with van der Waals surface area (Å²) in [6.45, 7) is 1.06. The highest BCUT2D eigenvalue weighted by molar-refractivity contribution is 6.22. The Kier molecular flexibility index (Phi) is 6.44. The number of ether oxygens (including phenoxy) is 2. The summed E-state index contributed by atoms with van der Waals surface area (Å²) in [5, 5.41) is 0. The second kappa shape index (κ2) is 9.44. The van der Waals surface area contributed by atoms with Crippen molar-refractivity contribution in [1.29, 1.82) is 0 Å². The number of hydrogen-bond acceptors (Lipinski definition) is 6. The minimum absolute atomic E-state index is 0.238. The van der Waals surface area contributed by atoms with Gasteiger partial charge >= 0.3 is 5.97 Å². The van der Waals surface area contributed by atoms with Gasteiger partial charge in [0, 0.05) is 25.2 Å². The van der Waals surface area contributed by atoms with Crippen molar-refractivity contribution < 1.29 is 28.7 Å². The zero-order valence-corrected chi connectivity index (χ0v) is 18.7. The lowest BCUT2D eigenvalue weighted by molar-refractivity contribution is -0.146. The highest BCUT2D eigenvalue weighted by Gasteiger charge is 2.36. The van der Waals surface area contributed by atoms with Gasteiger partial charge in [-0.3, -0.25) is 24.1 Å². The smallest absolute Gasteiger partial charge is 0.310 e. The molecule has 1 saturated heterocycles. The molecule has 2 heterocycles. The van der Waals surface area contributed by atoms with Crippen molar-refractivity contribution in [3.05, 3.63) is 64.7 Å². The molecule has 0 N–H and O–H groups in total. The Bertz CT molecular complexity index is 1090. The molecule has 2 aromatic rings. The first kappa shape index (κ1) is 22.5. The Morgan fingerprint density at radius 3 is 2.42 bits per heavy atom. The van der Waals surface area contributed by atoms with Crippen molar-refractivity contribution in [1.82, 2.24) is 9.80 Å². The molecule has 0 saturated carbocycles. The Balaban J connectivity index is 1.46. The van der Waals surface area contributed by atoms with Crippen LogP contribution in [0.2, 0.25) is 0 Å². The molecule has 8 heteroatoms. The van der Waals surface area contributed by atoms with E-state index in [9.17, 15) is 19.2 Å². The van der Waals surface area contributed by atoms with Gasteiger partial charge < -0.3 is 14.4 Å². The fourth-order valence-corrected chi connectivity index (χ4v) is 4.36. The van der Waals surface area contributed by atoms with Gasteiger partial charge in [-0.1, -0.05) is 12.1 Å². The topological polar surface area (TPSA) is 93.2 Å². The van der Waals surface area contributed by atoms with Gasteiger partial charge in [0.2, 0.25) is 0 Å². The molecule has 8 nitrogen and oxygen atoms in total. The van der Waals surface area contributed by atoms with E-state index in [1.807, 2.05) is 24.3 Å². The SMILES string of the molecule is COC(=O)C1CCCN(C(=O)c2ccc3c(c2)C(=O)N(CCc2ccc(OC)cc2)C3=O)C1. The number of fused-ring (bicyclic) bond motifs is 1. The third-order valence-electron chi connectivity index (χ3n) is 6.24. The van der Waals surface area contributed by atoms with Crippen molar-refractivity contribution in [2.45, 2.75) is 19.3 Å². The van der Waals surface area contributed by atoms with Gasteiger partial charge in [-0.15, -0.1) is 0 Å². The van der Waals surface area contributed by atoms with Crippen LogP contribution in [0.15, 0.2) is 42.5 Å². The van der Waals surface area contributed by atoms with E-state index >= 15 is 0 Å². The number of benzene rings is 2. The monoisotopic (exact) mass is 450 g/mol. The number of esters is 1. The number of nitrogens with zero attached hydrogens (tertiary/aromatic N) is 2. The standard InChI is InChI=1S/C25H26N2O6/c1-32-19-8-5-16(6-9-19)11-13-27-23(29)20-10-7-17(14-21(20)24(27)30)22(28)26-12-3-4-18(15-26)25(31)33-2/h5-10,14,18H,3-4,11-13,15H2,1-2H3. The highest BCUT2D eigenvalue weighted by Crippen LogP contribution is 2.26. The largest absolute Gasteiger partial charge is 0.497 e. The lowest BCUT2D eigenvalue weighted by atomic mass is 9.97. The molecule has 1 fully saturated rings. The molecule has 2 aliphatic heterocycles. The minimum atomic E-state index is -0.399. The van der Waals surface area contributed by atoms with E-state index in [1.54, 1.807) is 18.1 Å². The number of carbonyl (C=O) groups excluding carboxylic acids is 4. The van der Waals surface area contributed by atoms with Gasteiger partial charge in [0.05, 0.1) is 31.3 Å². The molecule has 33 heavy (non-hydrogen) atoms. The third-order valence-corrected chi connectivity index (χ3v) is 6.24. The summed E-state index contributed by atoms with van der Waals surface area (Å²) in [5.41, 5.74) is 1.85. The molecular weight excluding hydrogens is 424 g/mol. The van der Waals surface area contributed by atoms with Crippen molar-refractivity contribution in [2.24, 2.45) is 5.92 Å². The lowest BCUT2D eigenvalue weighted by Crippen LogP contribution is -2.42. The molecule has 0 radical (unpaired) electrons. The van der Waals surface area contributed by atoms with Gasteiger partial charge in [0.1, 0.15) is 5.75 Å². The molecule has 1 atom stereocenters. The van der Waals surface area contributed by atoms with Crippen LogP contribution >= 0.6 is 0 Å². The highest BCUT2D eigenvalue weighted by atomic mass is 16.5. The van der Waals surface area contributed by atoms with Gasteiger partial charge in [-0.25, -0.2) is 0 Å². The van der Waals surface area contributed by atoms with Crippen LogP contribution in [-0.2, 0) is 16.0 Å². The number of piperidine rings is 1. The van der Waals surface area contributed by atoms with Crippen LogP contribution in [-0.4, -0.2) is 67.3 Å². The lowest BCUT2D eigenvalue weighted by Gasteiger charge is -2.31. The molecule has 0 aromatic heterocycles. The normalized spacial score (nSPS) is 17.7. The molecule has 3 amide bonds. The predicted octanol–water partition coefficient (Wildman–Crippen LogP) is 2.56. The molecule has 2 aliphatic rings. The van der Waals surface area contributed by atoms with Crippen LogP contribution < -0.4 is 4.74 Å². The van der Waals surface area contributed by atoms with Gasteiger partial charge in [-0.2, -0.15) is 0 Å². The Labute approximate surface area is 192 Å². The van der Waals surface area contributed by atoms with Crippen LogP contribution in [0.25, 0.3) is 0 Å². The van der Waals surface area contributed by atoms with Gasteiger partial charge in [0.25, 0.3) is 17.7 Å². The average Bonchev–Trinajstić information content (AvgIpc) is 3.10. The zero-order valence-electron chi connectivity index (χ0n) is 18.7. The van der Waals surface area contributed by atoms with Crippen LogP contribution in [0.5, 0.6) is 5.75 Å². The summed E-state index contributed by atoms with van der Waals surface area (Å²) < 4.78 is 9.97. The molecular formula is C25H26N2O6. The van der Waals surface area contributed by atoms with Gasteiger partial charge in [-0.05, 0) is 55.2 Å². The van der Waals surface area contributed by atoms with E-state index in [-0.39, 0.29) is 42.4 Å². The number of rotatable bonds is 6. The van der Waals surface area contributed by atoms with E-state index in [4.69, 9.17) is 9.47 Å². The molecule has 0 aliphatic carbocycles. The van der Waals surface area contributed by atoms with E-state index in [1.165, 1.54) is 24.1 Å². The maximum Gasteiger partial charge on any atom is 0.310 e. The van der Waals surface area contributed by atoms with Crippen LogP contribution in [0.4, 0.5) is 0 Å². The summed E-state index contributed by atoms with van der Waals surface area (Å²) >= 11 is 0. The fraction of sp³-hybridized carbons (Fsp3) is 0.360. The van der Waals surface area contributed by atoms with E-state index in [2.05, 4.69) is 0 Å². The van der Waals surface area contributed by atoms with Crippen LogP contribution in [0.1, 0.15) is 49.5 Å². The fourth-order valence-electron chi connectivity index (χ4n) is 4.36. The van der Waals surface area contributed by atoms with E-state index in [0.29, 0.717) is 36.9 Å². The Morgan fingerprint density at radius 2 is 1.73 bits per heavy atom. The zero-order chi connectivity index (χ0) is 23.5. The second-order valence-electron chi connectivity index (χ2n) is 8.23. The van der Waals surface area contributed by atoms with Crippen LogP contribution in [0, 0.1) is 5.92 Å². The summed E-state index contributed by atoms with van der Waals surface area (Å²) in [5.74, 6) is -0.949. The summed E-state index contributed by atoms with van der Waals surface area (Å²) in [4.78, 5) is 53.5. The molecule has 172 valence electrons. The first-order valence-electron chi connectivity index (χ1n) is 10.9. The van der Waals surface area contributed by atoms with Crippen LogP contribution in [0.3, 0.4) is 0 Å². The van der Waals surface area contributed by atoms with Crippen molar-refractivity contribution in [3.8, 4) is 5.75 Å². The van der Waals surface area contributed by atoms with Crippen molar-refractivity contribution >= 4 is 23.7 Å². The third kappa shape index (κ3) is 4.46. The van der Waals surface area contributed by atoms with Crippen molar-refractivity contribution in [2.75, 3.05) is 33.9 Å². The number of carbonyl (C=O) groups is 4. The summed E-state index contributed by atoms with van der Waals surface area (Å²) in [7, 11) is 2.93. The minimum Gasteiger partial charge on any atom is -0.497 e. The molecule has 4 rings (SSSR count). The predicted molar refractivity (Wildman–Crippen MR) is 119 cm³/mol. The first-order chi connectivity index (χ1) is 15.9. The number of methoxy groups -OCH3 is 2. The summed E-state index contributed by atoms with van der Waals surface area (Å²) in [6.07, 6.45) is 1.90. The number of hydrogen-bond donors (Lipinski definition) is 0. The second-order valence-corrected chi connectivity index (χ2v) is 8.23. The molecule has 1 unspecified atom stereocenters. The van der Waals surface area contributed by atoms with Gasteiger partial charge in [0.15, 0.2) is 0 Å². The average molecular weight is 450 g/mol. The molecule has 0 spiro atoms. The quantitative estimate of drug-likeness (QED) is 0.496. The Morgan fingerprint density at radius 1 is 1.00 bits per heavy atom. The van der Waals surface area contributed by atoms with E-state index < -0.39 is 5.91 Å². The maximum absolute atomic E-state index is 13.0. The number of imide groups is 1. The molecule has 2 aromatic carbocycles.